The normalized spacial score (nSPS) is 16.8. The fraction of sp³-hybridized carbons (Fsp3) is 0.294. The van der Waals surface area contributed by atoms with Gasteiger partial charge in [0, 0.05) is 10.3 Å². The molecule has 4 nitrogen and oxygen atoms in total. The molecule has 0 bridgehead atoms. The molecule has 1 aliphatic carbocycles. The Hall–Kier alpha value is -2.14. The summed E-state index contributed by atoms with van der Waals surface area (Å²) >= 11 is 1.60. The number of fused-ring (bicyclic) bond motifs is 1. The first-order valence-corrected chi connectivity index (χ1v) is 8.12. The van der Waals surface area contributed by atoms with Crippen LogP contribution in [0.1, 0.15) is 38.7 Å². The predicted octanol–water partition coefficient (Wildman–Crippen LogP) is 2.66. The zero-order valence-corrected chi connectivity index (χ0v) is 12.9. The Balaban J connectivity index is 1.75. The molecule has 5 heteroatoms. The molecule has 0 radical (unpaired) electrons. The van der Waals surface area contributed by atoms with E-state index in [-0.39, 0.29) is 6.61 Å². The molecule has 2 aromatic rings. The molecule has 1 aliphatic rings. The number of hydrogen-bond donors (Lipinski definition) is 1. The summed E-state index contributed by atoms with van der Waals surface area (Å²) < 4.78 is 4.92. The van der Waals surface area contributed by atoms with Crippen LogP contribution in [-0.2, 0) is 22.4 Å². The number of hydrogen-bond acceptors (Lipinski definition) is 4. The van der Waals surface area contributed by atoms with E-state index in [9.17, 15) is 9.59 Å². The van der Waals surface area contributed by atoms with Crippen LogP contribution in [0.3, 0.4) is 0 Å². The molecular weight excluding hydrogens is 298 g/mol. The van der Waals surface area contributed by atoms with Gasteiger partial charge in [-0.1, -0.05) is 30.3 Å². The lowest BCUT2D eigenvalue weighted by Gasteiger charge is -2.23. The van der Waals surface area contributed by atoms with Crippen molar-refractivity contribution in [3.8, 4) is 0 Å². The summed E-state index contributed by atoms with van der Waals surface area (Å²) in [6, 6.07) is 10.5. The smallest absolute Gasteiger partial charge is 0.339 e. The molecule has 0 saturated carbocycles. The highest BCUT2D eigenvalue weighted by atomic mass is 32.1. The van der Waals surface area contributed by atoms with Crippen LogP contribution >= 0.6 is 11.3 Å². The topological polar surface area (TPSA) is 69.4 Å². The van der Waals surface area contributed by atoms with Crippen molar-refractivity contribution in [2.45, 2.75) is 25.2 Å². The zero-order valence-electron chi connectivity index (χ0n) is 12.1. The summed E-state index contributed by atoms with van der Waals surface area (Å²) in [5, 5.41) is 1.83. The Morgan fingerprint density at radius 3 is 2.77 bits per heavy atom. The van der Waals surface area contributed by atoms with E-state index in [1.54, 1.807) is 11.3 Å². The lowest BCUT2D eigenvalue weighted by Crippen LogP contribution is -2.21. The molecular formula is C17H17NO3S. The quantitative estimate of drug-likeness (QED) is 0.882. The average Bonchev–Trinajstić information content (AvgIpc) is 2.96. The zero-order chi connectivity index (χ0) is 15.5. The van der Waals surface area contributed by atoms with Crippen LogP contribution in [0.4, 0.5) is 0 Å². The third kappa shape index (κ3) is 3.04. The number of esters is 1. The molecule has 1 aromatic heterocycles. The fourth-order valence-electron chi connectivity index (χ4n) is 2.91. The van der Waals surface area contributed by atoms with Crippen LogP contribution in [0.5, 0.6) is 0 Å². The van der Waals surface area contributed by atoms with Gasteiger partial charge in [-0.2, -0.15) is 0 Å². The van der Waals surface area contributed by atoms with Crippen LogP contribution in [-0.4, -0.2) is 18.5 Å². The SMILES string of the molecule is NC(=O)COC(=O)c1csc2c1CCC(c1ccccc1)C2. The van der Waals surface area contributed by atoms with E-state index in [1.807, 2.05) is 11.4 Å². The summed E-state index contributed by atoms with van der Waals surface area (Å²) in [5.74, 6) is -0.585. The van der Waals surface area contributed by atoms with Crippen molar-refractivity contribution in [1.82, 2.24) is 0 Å². The largest absolute Gasteiger partial charge is 0.452 e. The summed E-state index contributed by atoms with van der Waals surface area (Å²) in [6.07, 6.45) is 2.83. The number of nitrogens with two attached hydrogens (primary N) is 1. The molecule has 1 heterocycles. The minimum Gasteiger partial charge on any atom is -0.452 e. The first kappa shape index (κ1) is 14.8. The number of thiophene rings is 1. The van der Waals surface area contributed by atoms with Crippen molar-refractivity contribution in [2.75, 3.05) is 6.61 Å². The second-order valence-corrected chi connectivity index (χ2v) is 6.41. The highest BCUT2D eigenvalue weighted by Crippen LogP contribution is 2.37. The second-order valence-electron chi connectivity index (χ2n) is 5.44. The monoisotopic (exact) mass is 315 g/mol. The van der Waals surface area contributed by atoms with Gasteiger partial charge in [0.25, 0.3) is 5.91 Å². The number of primary amides is 1. The Kier molecular flexibility index (Phi) is 4.24. The van der Waals surface area contributed by atoms with Gasteiger partial charge in [-0.05, 0) is 36.3 Å². The first-order chi connectivity index (χ1) is 10.6. The lowest BCUT2D eigenvalue weighted by atomic mass is 9.83. The van der Waals surface area contributed by atoms with E-state index >= 15 is 0 Å². The highest BCUT2D eigenvalue weighted by molar-refractivity contribution is 7.10. The number of carbonyl (C=O) groups is 2. The van der Waals surface area contributed by atoms with Gasteiger partial charge in [0.2, 0.25) is 0 Å². The minimum absolute atomic E-state index is 0.365. The first-order valence-electron chi connectivity index (χ1n) is 7.24. The molecule has 1 amide bonds. The highest BCUT2D eigenvalue weighted by Gasteiger charge is 2.26. The Labute approximate surface area is 132 Å². The predicted molar refractivity (Wildman–Crippen MR) is 85.0 cm³/mol. The van der Waals surface area contributed by atoms with Gasteiger partial charge in [-0.3, -0.25) is 4.79 Å². The molecule has 0 spiro atoms. The number of ether oxygens (including phenoxy) is 1. The van der Waals surface area contributed by atoms with Gasteiger partial charge in [0.15, 0.2) is 6.61 Å². The number of benzene rings is 1. The maximum Gasteiger partial charge on any atom is 0.339 e. The number of carbonyl (C=O) groups excluding carboxylic acids is 2. The second kappa shape index (κ2) is 6.32. The van der Waals surface area contributed by atoms with Crippen molar-refractivity contribution in [2.24, 2.45) is 5.73 Å². The maximum absolute atomic E-state index is 12.0. The molecule has 114 valence electrons. The minimum atomic E-state index is -0.637. The van der Waals surface area contributed by atoms with E-state index in [2.05, 4.69) is 24.3 Å². The maximum atomic E-state index is 12.0. The Morgan fingerprint density at radius 2 is 2.05 bits per heavy atom. The molecule has 1 unspecified atom stereocenters. The third-order valence-corrected chi connectivity index (χ3v) is 5.04. The standard InChI is InChI=1S/C17H17NO3S/c18-16(19)9-21-17(20)14-10-22-15-8-12(6-7-13(14)15)11-4-2-1-3-5-11/h1-5,10,12H,6-9H2,(H2,18,19). The number of rotatable bonds is 4. The average molecular weight is 315 g/mol. The molecule has 22 heavy (non-hydrogen) atoms. The molecule has 1 aromatic carbocycles. The van der Waals surface area contributed by atoms with Gasteiger partial charge < -0.3 is 10.5 Å². The molecule has 0 aliphatic heterocycles. The summed E-state index contributed by atoms with van der Waals surface area (Å²) in [7, 11) is 0. The van der Waals surface area contributed by atoms with Crippen LogP contribution in [0, 0.1) is 0 Å². The van der Waals surface area contributed by atoms with Crippen molar-refractivity contribution in [1.29, 1.82) is 0 Å². The van der Waals surface area contributed by atoms with Gasteiger partial charge in [-0.25, -0.2) is 4.79 Å². The van der Waals surface area contributed by atoms with Crippen molar-refractivity contribution in [3.05, 3.63) is 57.3 Å². The van der Waals surface area contributed by atoms with Crippen LogP contribution in [0.15, 0.2) is 35.7 Å². The lowest BCUT2D eigenvalue weighted by molar-refractivity contribution is -0.121. The van der Waals surface area contributed by atoms with Gasteiger partial charge >= 0.3 is 5.97 Å². The van der Waals surface area contributed by atoms with Gasteiger partial charge in [-0.15, -0.1) is 11.3 Å². The molecule has 1 atom stereocenters. The fourth-order valence-corrected chi connectivity index (χ4v) is 4.06. The Morgan fingerprint density at radius 1 is 1.27 bits per heavy atom. The van der Waals surface area contributed by atoms with Crippen molar-refractivity contribution < 1.29 is 14.3 Å². The van der Waals surface area contributed by atoms with Crippen LogP contribution < -0.4 is 5.73 Å². The van der Waals surface area contributed by atoms with E-state index in [1.165, 1.54) is 10.4 Å². The Bertz CT molecular complexity index is 693. The summed E-state index contributed by atoms with van der Waals surface area (Å²) in [5.41, 5.74) is 8.01. The molecule has 0 saturated heterocycles. The summed E-state index contributed by atoms with van der Waals surface area (Å²) in [6.45, 7) is -0.365. The number of amides is 1. The van der Waals surface area contributed by atoms with Crippen LogP contribution in [0.2, 0.25) is 0 Å². The van der Waals surface area contributed by atoms with E-state index < -0.39 is 11.9 Å². The molecule has 0 fully saturated rings. The summed E-state index contributed by atoms with van der Waals surface area (Å²) in [4.78, 5) is 24.0. The van der Waals surface area contributed by atoms with Crippen molar-refractivity contribution in [3.63, 3.8) is 0 Å². The van der Waals surface area contributed by atoms with E-state index in [0.717, 1.165) is 24.8 Å². The van der Waals surface area contributed by atoms with Crippen LogP contribution in [0.25, 0.3) is 0 Å². The van der Waals surface area contributed by atoms with Crippen molar-refractivity contribution >= 4 is 23.2 Å². The molecule has 2 N–H and O–H groups in total. The molecule has 3 rings (SSSR count). The van der Waals surface area contributed by atoms with E-state index in [4.69, 9.17) is 10.5 Å². The van der Waals surface area contributed by atoms with Gasteiger partial charge in [0.05, 0.1) is 5.56 Å². The van der Waals surface area contributed by atoms with Gasteiger partial charge in [0.1, 0.15) is 0 Å². The third-order valence-electron chi connectivity index (χ3n) is 3.99. The van der Waals surface area contributed by atoms with E-state index in [0.29, 0.717) is 11.5 Å².